The highest BCUT2D eigenvalue weighted by Gasteiger charge is 2.08. The highest BCUT2D eigenvalue weighted by molar-refractivity contribution is 5.77. The van der Waals surface area contributed by atoms with Crippen molar-refractivity contribution < 1.29 is 19.0 Å². The minimum Gasteiger partial charge on any atom is -0.490 e. The highest BCUT2D eigenvalue weighted by atomic mass is 16.5. The molecule has 0 bridgehead atoms. The van der Waals surface area contributed by atoms with E-state index in [-0.39, 0.29) is 12.5 Å². The molecule has 0 heterocycles. The van der Waals surface area contributed by atoms with E-state index in [0.717, 1.165) is 12.0 Å². The van der Waals surface area contributed by atoms with Crippen molar-refractivity contribution in [1.82, 2.24) is 5.32 Å². The predicted molar refractivity (Wildman–Crippen MR) is 102 cm³/mol. The van der Waals surface area contributed by atoms with E-state index in [4.69, 9.17) is 14.2 Å². The van der Waals surface area contributed by atoms with Crippen LogP contribution >= 0.6 is 0 Å². The van der Waals surface area contributed by atoms with Gasteiger partial charge in [0.05, 0.1) is 13.2 Å². The van der Waals surface area contributed by atoms with Crippen LogP contribution < -0.4 is 19.5 Å². The summed E-state index contributed by atoms with van der Waals surface area (Å²) in [5.41, 5.74) is 2.18. The fourth-order valence-electron chi connectivity index (χ4n) is 2.43. The van der Waals surface area contributed by atoms with Crippen LogP contribution in [0.4, 0.5) is 0 Å². The molecule has 0 fully saturated rings. The summed E-state index contributed by atoms with van der Waals surface area (Å²) >= 11 is 0. The third-order valence-electron chi connectivity index (χ3n) is 3.80. The zero-order chi connectivity index (χ0) is 18.8. The summed E-state index contributed by atoms with van der Waals surface area (Å²) in [6.07, 6.45) is 0.979. The Morgan fingerprint density at radius 1 is 0.846 bits per heavy atom. The molecule has 1 amide bonds. The quantitative estimate of drug-likeness (QED) is 0.704. The Bertz CT molecular complexity index is 698. The van der Waals surface area contributed by atoms with Crippen molar-refractivity contribution in [1.29, 1.82) is 0 Å². The number of carbonyl (C=O) groups is 1. The van der Waals surface area contributed by atoms with Gasteiger partial charge in [-0.2, -0.15) is 0 Å². The molecule has 1 N–H and O–H groups in total. The Balaban J connectivity index is 1.84. The molecule has 0 radical (unpaired) electrons. The lowest BCUT2D eigenvalue weighted by Gasteiger charge is -2.13. The molecule has 26 heavy (non-hydrogen) atoms. The molecule has 5 nitrogen and oxygen atoms in total. The van der Waals surface area contributed by atoms with E-state index >= 15 is 0 Å². The van der Waals surface area contributed by atoms with Gasteiger partial charge in [0.25, 0.3) is 5.91 Å². The van der Waals surface area contributed by atoms with Crippen molar-refractivity contribution in [2.45, 2.75) is 33.7 Å². The number of hydrogen-bond donors (Lipinski definition) is 1. The smallest absolute Gasteiger partial charge is 0.258 e. The first-order valence-corrected chi connectivity index (χ1v) is 9.03. The van der Waals surface area contributed by atoms with Gasteiger partial charge in [-0.1, -0.05) is 25.1 Å². The van der Waals surface area contributed by atoms with Gasteiger partial charge >= 0.3 is 0 Å². The van der Waals surface area contributed by atoms with Crippen molar-refractivity contribution in [3.05, 3.63) is 53.6 Å². The fraction of sp³-hybridized carbons (Fsp3) is 0.381. The van der Waals surface area contributed by atoms with Gasteiger partial charge in [0.15, 0.2) is 18.1 Å². The van der Waals surface area contributed by atoms with Crippen LogP contribution in [0, 0.1) is 0 Å². The number of benzene rings is 2. The molecule has 140 valence electrons. The summed E-state index contributed by atoms with van der Waals surface area (Å²) in [4.78, 5) is 12.0. The molecule has 0 aliphatic heterocycles. The standard InChI is InChI=1S/C21H27NO4/c1-4-16-7-10-18(11-8-16)26-15-21(23)22-14-17-9-12-19(24-5-2)20(13-17)25-6-3/h7-13H,4-6,14-15H2,1-3H3,(H,22,23). The van der Waals surface area contributed by atoms with Crippen LogP contribution in [0.3, 0.4) is 0 Å². The molecular formula is C21H27NO4. The zero-order valence-corrected chi connectivity index (χ0v) is 15.7. The van der Waals surface area contributed by atoms with E-state index in [0.29, 0.717) is 37.0 Å². The van der Waals surface area contributed by atoms with Gasteiger partial charge in [0.2, 0.25) is 0 Å². The molecule has 0 unspecified atom stereocenters. The molecule has 0 spiro atoms. The largest absolute Gasteiger partial charge is 0.490 e. The second-order valence-electron chi connectivity index (χ2n) is 5.71. The van der Waals surface area contributed by atoms with Gasteiger partial charge in [-0.15, -0.1) is 0 Å². The van der Waals surface area contributed by atoms with Crippen molar-refractivity contribution in [3.63, 3.8) is 0 Å². The van der Waals surface area contributed by atoms with Crippen LogP contribution in [-0.2, 0) is 17.8 Å². The Morgan fingerprint density at radius 3 is 2.15 bits per heavy atom. The average molecular weight is 357 g/mol. The molecule has 0 aliphatic carbocycles. The first-order valence-electron chi connectivity index (χ1n) is 9.03. The molecule has 2 aromatic rings. The molecule has 0 saturated carbocycles. The van der Waals surface area contributed by atoms with E-state index in [2.05, 4.69) is 12.2 Å². The van der Waals surface area contributed by atoms with Gasteiger partial charge in [-0.25, -0.2) is 0 Å². The first kappa shape index (κ1) is 19.6. The fourth-order valence-corrected chi connectivity index (χ4v) is 2.43. The van der Waals surface area contributed by atoms with Crippen molar-refractivity contribution in [2.24, 2.45) is 0 Å². The maximum atomic E-state index is 12.0. The Kier molecular flexibility index (Phi) is 7.80. The number of ether oxygens (including phenoxy) is 3. The van der Waals surface area contributed by atoms with Crippen LogP contribution in [0.15, 0.2) is 42.5 Å². The molecule has 0 atom stereocenters. The minimum atomic E-state index is -0.170. The van der Waals surface area contributed by atoms with Crippen LogP contribution in [0.2, 0.25) is 0 Å². The number of rotatable bonds is 10. The third kappa shape index (κ3) is 5.99. The lowest BCUT2D eigenvalue weighted by molar-refractivity contribution is -0.123. The normalized spacial score (nSPS) is 10.3. The predicted octanol–water partition coefficient (Wildman–Crippen LogP) is 3.74. The van der Waals surface area contributed by atoms with Crippen molar-refractivity contribution in [3.8, 4) is 17.2 Å². The first-order chi connectivity index (χ1) is 12.7. The van der Waals surface area contributed by atoms with Crippen molar-refractivity contribution >= 4 is 5.91 Å². The van der Waals surface area contributed by atoms with E-state index < -0.39 is 0 Å². The Labute approximate surface area is 155 Å². The van der Waals surface area contributed by atoms with E-state index in [1.807, 2.05) is 56.3 Å². The molecular weight excluding hydrogens is 330 g/mol. The molecule has 0 saturated heterocycles. The minimum absolute atomic E-state index is 0.0131. The summed E-state index contributed by atoms with van der Waals surface area (Å²) < 4.78 is 16.7. The number of aryl methyl sites for hydroxylation is 1. The zero-order valence-electron chi connectivity index (χ0n) is 15.7. The SMILES string of the molecule is CCOc1ccc(CNC(=O)COc2ccc(CC)cc2)cc1OCC. The second kappa shape index (κ2) is 10.3. The van der Waals surface area contributed by atoms with Crippen LogP contribution in [0.25, 0.3) is 0 Å². The van der Waals surface area contributed by atoms with Crippen LogP contribution in [-0.4, -0.2) is 25.7 Å². The topological polar surface area (TPSA) is 56.8 Å². The van der Waals surface area contributed by atoms with Crippen LogP contribution in [0.1, 0.15) is 31.9 Å². The Hall–Kier alpha value is -2.69. The molecule has 5 heteroatoms. The second-order valence-corrected chi connectivity index (χ2v) is 5.71. The monoisotopic (exact) mass is 357 g/mol. The molecule has 0 aromatic heterocycles. The average Bonchev–Trinajstić information content (AvgIpc) is 2.67. The number of nitrogens with one attached hydrogen (secondary N) is 1. The number of carbonyl (C=O) groups excluding carboxylic acids is 1. The van der Waals surface area contributed by atoms with Gasteiger partial charge in [0.1, 0.15) is 5.75 Å². The lowest BCUT2D eigenvalue weighted by atomic mass is 10.2. The van der Waals surface area contributed by atoms with Crippen LogP contribution in [0.5, 0.6) is 17.2 Å². The van der Waals surface area contributed by atoms with Gasteiger partial charge in [-0.05, 0) is 55.7 Å². The lowest BCUT2D eigenvalue weighted by Crippen LogP contribution is -2.28. The number of hydrogen-bond acceptors (Lipinski definition) is 4. The van der Waals surface area contributed by atoms with Crippen molar-refractivity contribution in [2.75, 3.05) is 19.8 Å². The summed E-state index contributed by atoms with van der Waals surface area (Å²) in [6.45, 7) is 7.48. The van der Waals surface area contributed by atoms with E-state index in [1.165, 1.54) is 5.56 Å². The maximum Gasteiger partial charge on any atom is 0.258 e. The molecule has 2 aromatic carbocycles. The summed E-state index contributed by atoms with van der Waals surface area (Å²) in [5, 5.41) is 2.85. The molecule has 2 rings (SSSR count). The van der Waals surface area contributed by atoms with Gasteiger partial charge in [0, 0.05) is 6.54 Å². The third-order valence-corrected chi connectivity index (χ3v) is 3.80. The highest BCUT2D eigenvalue weighted by Crippen LogP contribution is 2.28. The van der Waals surface area contributed by atoms with E-state index in [1.54, 1.807) is 0 Å². The molecule has 0 aliphatic rings. The maximum absolute atomic E-state index is 12.0. The summed E-state index contributed by atoms with van der Waals surface area (Å²) in [6, 6.07) is 13.4. The summed E-state index contributed by atoms with van der Waals surface area (Å²) in [5.74, 6) is 1.92. The number of amides is 1. The van der Waals surface area contributed by atoms with Gasteiger partial charge < -0.3 is 19.5 Å². The Morgan fingerprint density at radius 2 is 1.50 bits per heavy atom. The summed E-state index contributed by atoms with van der Waals surface area (Å²) in [7, 11) is 0. The van der Waals surface area contributed by atoms with Gasteiger partial charge in [-0.3, -0.25) is 4.79 Å². The van der Waals surface area contributed by atoms with E-state index in [9.17, 15) is 4.79 Å².